The van der Waals surface area contributed by atoms with E-state index in [1.165, 1.54) is 154 Å². The van der Waals surface area contributed by atoms with Gasteiger partial charge in [-0.05, 0) is 0 Å². The molecule has 34 heavy (non-hydrogen) atoms. The van der Waals surface area contributed by atoms with Crippen LogP contribution in [-0.4, -0.2) is 8.80 Å². The normalized spacial score (nSPS) is 11.6. The molecule has 0 aromatic heterocycles. The second-order valence-electron chi connectivity index (χ2n) is 11.7. The Labute approximate surface area is 220 Å². The maximum Gasteiger partial charge on any atom is 0.0367 e. The van der Waals surface area contributed by atoms with Gasteiger partial charge in [0.2, 0.25) is 0 Å². The Bertz CT molecular complexity index is 287. The topological polar surface area (TPSA) is 0 Å². The van der Waals surface area contributed by atoms with E-state index >= 15 is 0 Å². The summed E-state index contributed by atoms with van der Waals surface area (Å²) >= 11 is 0. The molecule has 0 aromatic rings. The van der Waals surface area contributed by atoms with Crippen LogP contribution in [0.25, 0.3) is 0 Å². The van der Waals surface area contributed by atoms with E-state index in [1.54, 1.807) is 37.4 Å². The van der Waals surface area contributed by atoms with E-state index in [1.807, 2.05) is 0 Å². The van der Waals surface area contributed by atoms with Gasteiger partial charge in [-0.2, -0.15) is 0 Å². The van der Waals surface area contributed by atoms with Gasteiger partial charge in [-0.15, -0.1) is 0 Å². The molecule has 0 atom stereocenters. The average Bonchev–Trinajstić information content (AvgIpc) is 2.85. The number of hydrogen-bond acceptors (Lipinski definition) is 0. The molecule has 0 saturated heterocycles. The Hall–Kier alpha value is 0.217. The maximum atomic E-state index is 2.32. The van der Waals surface area contributed by atoms with Gasteiger partial charge in [-0.1, -0.05) is 212 Å². The van der Waals surface area contributed by atoms with Gasteiger partial charge in [-0.25, -0.2) is 0 Å². The third kappa shape index (κ3) is 28.5. The summed E-state index contributed by atoms with van der Waals surface area (Å²) in [6.07, 6.45) is 40.3. The molecule has 0 rings (SSSR count). The van der Waals surface area contributed by atoms with Crippen LogP contribution in [0.3, 0.4) is 0 Å². The summed E-state index contributed by atoms with van der Waals surface area (Å²) in [7, 11) is -0.457. The smallest absolute Gasteiger partial charge is 0.0367 e. The number of hydrogen-bond donors (Lipinski definition) is 0. The molecule has 0 aliphatic carbocycles. The average molecular weight is 495 g/mol. The van der Waals surface area contributed by atoms with Crippen LogP contribution in [0.5, 0.6) is 0 Å². The zero-order chi connectivity index (χ0) is 24.8. The fourth-order valence-corrected chi connectivity index (χ4v) is 9.13. The predicted molar refractivity (Wildman–Crippen MR) is 163 cm³/mol. The first-order valence-corrected chi connectivity index (χ1v) is 19.3. The van der Waals surface area contributed by atoms with Crippen molar-refractivity contribution < 1.29 is 0 Å². The van der Waals surface area contributed by atoms with Crippen molar-refractivity contribution in [1.29, 1.82) is 0 Å². The molecule has 0 N–H and O–H groups in total. The minimum atomic E-state index is -0.457. The molecule has 0 aliphatic heterocycles. The van der Waals surface area contributed by atoms with E-state index in [-0.39, 0.29) is 0 Å². The van der Waals surface area contributed by atoms with E-state index in [4.69, 9.17) is 0 Å². The van der Waals surface area contributed by atoms with Gasteiger partial charge in [-0.3, -0.25) is 0 Å². The van der Waals surface area contributed by atoms with Gasteiger partial charge in [0.1, 0.15) is 0 Å². The summed E-state index contributed by atoms with van der Waals surface area (Å²) in [6, 6.07) is 5.01. The van der Waals surface area contributed by atoms with E-state index in [0.717, 1.165) is 0 Å². The molecule has 0 bridgehead atoms. The molecule has 0 spiro atoms. The molecule has 0 fully saturated rings. The first-order chi connectivity index (χ1) is 16.8. The van der Waals surface area contributed by atoms with Gasteiger partial charge in [0.15, 0.2) is 0 Å². The van der Waals surface area contributed by atoms with E-state index in [0.29, 0.717) is 0 Å². The van der Waals surface area contributed by atoms with Crippen LogP contribution in [0.15, 0.2) is 0 Å². The van der Waals surface area contributed by atoms with Gasteiger partial charge in [0.25, 0.3) is 0 Å². The van der Waals surface area contributed by atoms with Gasteiger partial charge < -0.3 is 0 Å². The summed E-state index contributed by atoms with van der Waals surface area (Å²) in [6.45, 7) is 6.97. The third-order valence-corrected chi connectivity index (χ3v) is 11.8. The summed E-state index contributed by atoms with van der Waals surface area (Å²) in [5.41, 5.74) is 0. The molecule has 0 radical (unpaired) electrons. The summed E-state index contributed by atoms with van der Waals surface area (Å²) < 4.78 is 0. The molecular formula is C33H70Si. The Morgan fingerprint density at radius 2 is 0.412 bits per heavy atom. The first kappa shape index (κ1) is 34.2. The molecule has 206 valence electrons. The number of unbranched alkanes of at least 4 members (excludes halogenated alkanes) is 24. The monoisotopic (exact) mass is 495 g/mol. The fraction of sp³-hybridized carbons (Fsp3) is 1.00. The molecule has 0 saturated carbocycles. The van der Waals surface area contributed by atoms with Crippen molar-refractivity contribution in [3.63, 3.8) is 0 Å². The van der Waals surface area contributed by atoms with Gasteiger partial charge in [0, 0.05) is 8.80 Å². The lowest BCUT2D eigenvalue weighted by atomic mass is 10.1. The second kappa shape index (κ2) is 31.2. The second-order valence-corrected chi connectivity index (χ2v) is 15.2. The maximum absolute atomic E-state index is 2.32. The molecule has 0 aromatic carbocycles. The van der Waals surface area contributed by atoms with Gasteiger partial charge >= 0.3 is 0 Å². The van der Waals surface area contributed by atoms with Crippen LogP contribution in [0.1, 0.15) is 194 Å². The minimum absolute atomic E-state index is 0.457. The SMILES string of the molecule is CCCCCCCCCCC[SiH](CCCCCCCCCCC)CCCCCCCCCCC. The molecule has 0 amide bonds. The largest absolute Gasteiger partial charge is 0.0654 e. The Morgan fingerprint density at radius 3 is 0.618 bits per heavy atom. The third-order valence-electron chi connectivity index (χ3n) is 8.15. The molecule has 1 heteroatoms. The molecule has 0 unspecified atom stereocenters. The van der Waals surface area contributed by atoms with Crippen molar-refractivity contribution in [2.24, 2.45) is 0 Å². The van der Waals surface area contributed by atoms with Crippen LogP contribution < -0.4 is 0 Å². The highest BCUT2D eigenvalue weighted by atomic mass is 28.3. The van der Waals surface area contributed by atoms with Crippen molar-refractivity contribution in [2.75, 3.05) is 0 Å². The molecule has 0 nitrogen and oxygen atoms in total. The quantitative estimate of drug-likeness (QED) is 0.0687. The van der Waals surface area contributed by atoms with Crippen LogP contribution in [-0.2, 0) is 0 Å². The Balaban J connectivity index is 3.85. The molecule has 0 aliphatic rings. The minimum Gasteiger partial charge on any atom is -0.0654 e. The van der Waals surface area contributed by atoms with Crippen LogP contribution in [0, 0.1) is 0 Å². The summed E-state index contributed by atoms with van der Waals surface area (Å²) in [5.74, 6) is 0. The van der Waals surface area contributed by atoms with Crippen LogP contribution in [0.4, 0.5) is 0 Å². The van der Waals surface area contributed by atoms with Crippen molar-refractivity contribution in [3.05, 3.63) is 0 Å². The standard InChI is InChI=1S/C33H70Si/c1-4-7-10-13-16-19-22-25-28-31-34(32-29-26-23-20-17-14-11-8-5-2)33-30-27-24-21-18-15-12-9-6-3/h34H,4-33H2,1-3H3. The van der Waals surface area contributed by atoms with E-state index in [9.17, 15) is 0 Å². The Kier molecular flexibility index (Phi) is 31.4. The Morgan fingerprint density at radius 1 is 0.235 bits per heavy atom. The van der Waals surface area contributed by atoms with Gasteiger partial charge in [0.05, 0.1) is 0 Å². The first-order valence-electron chi connectivity index (χ1n) is 16.8. The highest BCUT2D eigenvalue weighted by Gasteiger charge is 2.10. The number of rotatable bonds is 30. The van der Waals surface area contributed by atoms with Crippen LogP contribution in [0.2, 0.25) is 18.1 Å². The lowest BCUT2D eigenvalue weighted by Crippen LogP contribution is -2.12. The summed E-state index contributed by atoms with van der Waals surface area (Å²) in [4.78, 5) is 0. The van der Waals surface area contributed by atoms with Crippen molar-refractivity contribution in [2.45, 2.75) is 212 Å². The van der Waals surface area contributed by atoms with Crippen molar-refractivity contribution >= 4 is 8.80 Å². The zero-order valence-corrected chi connectivity index (χ0v) is 25.9. The van der Waals surface area contributed by atoms with E-state index < -0.39 is 8.80 Å². The van der Waals surface area contributed by atoms with Crippen molar-refractivity contribution in [1.82, 2.24) is 0 Å². The predicted octanol–water partition coefficient (Wildman–Crippen LogP) is 12.8. The highest BCUT2D eigenvalue weighted by Crippen LogP contribution is 2.21. The summed E-state index contributed by atoms with van der Waals surface area (Å²) in [5, 5.41) is 0. The van der Waals surface area contributed by atoms with Crippen LogP contribution >= 0.6 is 0 Å². The van der Waals surface area contributed by atoms with E-state index in [2.05, 4.69) is 20.8 Å². The zero-order valence-electron chi connectivity index (χ0n) is 24.8. The lowest BCUT2D eigenvalue weighted by molar-refractivity contribution is 0.566. The molecular weight excluding hydrogens is 424 g/mol. The van der Waals surface area contributed by atoms with Crippen molar-refractivity contribution in [3.8, 4) is 0 Å². The molecule has 0 heterocycles. The highest BCUT2D eigenvalue weighted by molar-refractivity contribution is 6.58. The fourth-order valence-electron chi connectivity index (χ4n) is 5.66. The lowest BCUT2D eigenvalue weighted by Gasteiger charge is -2.15.